The predicted molar refractivity (Wildman–Crippen MR) is 130 cm³/mol. The minimum atomic E-state index is -0.480. The van der Waals surface area contributed by atoms with Crippen LogP contribution in [-0.4, -0.2) is 60.0 Å². The highest BCUT2D eigenvalue weighted by atomic mass is 16.5. The molecular weight excluding hydrogens is 412 g/mol. The number of hydrogen-bond donors (Lipinski definition) is 0. The van der Waals surface area contributed by atoms with Gasteiger partial charge < -0.3 is 9.64 Å². The van der Waals surface area contributed by atoms with Gasteiger partial charge in [-0.05, 0) is 54.6 Å². The first kappa shape index (κ1) is 22.9. The van der Waals surface area contributed by atoms with Crippen molar-refractivity contribution >= 4 is 5.91 Å². The van der Waals surface area contributed by atoms with Crippen molar-refractivity contribution in [2.75, 3.05) is 34.3 Å². The monoisotopic (exact) mass is 444 g/mol. The van der Waals surface area contributed by atoms with E-state index in [1.165, 1.54) is 5.56 Å². The molecule has 1 amide bonds. The molecule has 0 N–H and O–H groups in total. The molecule has 1 aliphatic rings. The Balaban J connectivity index is 1.64. The highest BCUT2D eigenvalue weighted by molar-refractivity contribution is 5.83. The SMILES string of the molecule is COc1cccc(CN2CCCC(Cc3ccccc3-c3cncnc3)(C(=O)N(C)C)C2)c1. The van der Waals surface area contributed by atoms with Crippen molar-refractivity contribution in [3.63, 3.8) is 0 Å². The number of amides is 1. The molecule has 2 aromatic carbocycles. The molecule has 1 saturated heterocycles. The number of aromatic nitrogens is 2. The van der Waals surface area contributed by atoms with Crippen LogP contribution in [0.5, 0.6) is 5.75 Å². The number of hydrogen-bond acceptors (Lipinski definition) is 5. The summed E-state index contributed by atoms with van der Waals surface area (Å²) >= 11 is 0. The molecule has 6 nitrogen and oxygen atoms in total. The van der Waals surface area contributed by atoms with E-state index in [1.54, 1.807) is 18.3 Å². The van der Waals surface area contributed by atoms with Gasteiger partial charge in [-0.2, -0.15) is 0 Å². The molecule has 0 bridgehead atoms. The quantitative estimate of drug-likeness (QED) is 0.550. The molecule has 3 aromatic rings. The number of benzene rings is 2. The first-order chi connectivity index (χ1) is 16.0. The van der Waals surface area contributed by atoms with Gasteiger partial charge in [0.25, 0.3) is 0 Å². The molecule has 4 rings (SSSR count). The van der Waals surface area contributed by atoms with Crippen LogP contribution >= 0.6 is 0 Å². The lowest BCUT2D eigenvalue weighted by atomic mass is 9.73. The van der Waals surface area contributed by atoms with Gasteiger partial charge in [0.05, 0.1) is 12.5 Å². The van der Waals surface area contributed by atoms with Crippen LogP contribution in [0.3, 0.4) is 0 Å². The van der Waals surface area contributed by atoms with Crippen molar-refractivity contribution in [2.45, 2.75) is 25.8 Å². The van der Waals surface area contributed by atoms with Gasteiger partial charge in [-0.1, -0.05) is 36.4 Å². The van der Waals surface area contributed by atoms with Crippen molar-refractivity contribution in [3.05, 3.63) is 78.4 Å². The summed E-state index contributed by atoms with van der Waals surface area (Å²) in [6.07, 6.45) is 7.76. The minimum Gasteiger partial charge on any atom is -0.497 e. The fourth-order valence-corrected chi connectivity index (χ4v) is 5.02. The summed E-state index contributed by atoms with van der Waals surface area (Å²) in [6.45, 7) is 2.50. The molecule has 33 heavy (non-hydrogen) atoms. The van der Waals surface area contributed by atoms with Crippen molar-refractivity contribution < 1.29 is 9.53 Å². The fraction of sp³-hybridized carbons (Fsp3) is 0.370. The lowest BCUT2D eigenvalue weighted by Gasteiger charge is -2.43. The molecule has 6 heteroatoms. The molecule has 0 spiro atoms. The van der Waals surface area contributed by atoms with E-state index >= 15 is 0 Å². The molecule has 1 aromatic heterocycles. The molecule has 1 fully saturated rings. The smallest absolute Gasteiger partial charge is 0.229 e. The average Bonchev–Trinajstić information content (AvgIpc) is 2.84. The fourth-order valence-electron chi connectivity index (χ4n) is 5.02. The van der Waals surface area contributed by atoms with Crippen LogP contribution in [0.2, 0.25) is 0 Å². The van der Waals surface area contributed by atoms with E-state index in [-0.39, 0.29) is 5.91 Å². The first-order valence-corrected chi connectivity index (χ1v) is 11.4. The van der Waals surface area contributed by atoms with Crippen molar-refractivity contribution in [3.8, 4) is 16.9 Å². The molecule has 1 aliphatic heterocycles. The average molecular weight is 445 g/mol. The Hall–Kier alpha value is -3.25. The largest absolute Gasteiger partial charge is 0.497 e. The number of nitrogens with zero attached hydrogens (tertiary/aromatic N) is 4. The van der Waals surface area contributed by atoms with Gasteiger partial charge in [0, 0.05) is 45.1 Å². The predicted octanol–water partition coefficient (Wildman–Crippen LogP) is 4.07. The number of carbonyl (C=O) groups is 1. The highest BCUT2D eigenvalue weighted by Crippen LogP contribution is 2.38. The van der Waals surface area contributed by atoms with E-state index in [4.69, 9.17) is 4.74 Å². The normalized spacial score (nSPS) is 18.6. The summed E-state index contributed by atoms with van der Waals surface area (Å²) < 4.78 is 5.40. The zero-order valence-electron chi connectivity index (χ0n) is 19.7. The van der Waals surface area contributed by atoms with Crippen LogP contribution < -0.4 is 4.74 Å². The van der Waals surface area contributed by atoms with Gasteiger partial charge in [-0.15, -0.1) is 0 Å². The van der Waals surface area contributed by atoms with Crippen LogP contribution in [0.25, 0.3) is 11.1 Å². The number of rotatable bonds is 7. The summed E-state index contributed by atoms with van der Waals surface area (Å²) in [4.78, 5) is 26.2. The van der Waals surface area contributed by atoms with Gasteiger partial charge in [-0.25, -0.2) is 9.97 Å². The van der Waals surface area contributed by atoms with Crippen LogP contribution in [0.1, 0.15) is 24.0 Å². The van der Waals surface area contributed by atoms with Gasteiger partial charge in [-0.3, -0.25) is 9.69 Å². The van der Waals surface area contributed by atoms with Gasteiger partial charge >= 0.3 is 0 Å². The molecule has 0 saturated carbocycles. The lowest BCUT2D eigenvalue weighted by molar-refractivity contribution is -0.143. The van der Waals surface area contributed by atoms with E-state index < -0.39 is 5.41 Å². The molecule has 0 radical (unpaired) electrons. The van der Waals surface area contributed by atoms with Gasteiger partial charge in [0.1, 0.15) is 12.1 Å². The molecule has 1 unspecified atom stereocenters. The van der Waals surface area contributed by atoms with Crippen molar-refractivity contribution in [1.29, 1.82) is 0 Å². The Labute approximate surface area is 196 Å². The van der Waals surface area contributed by atoms with Crippen LogP contribution in [0.4, 0.5) is 0 Å². The van der Waals surface area contributed by atoms with E-state index in [0.717, 1.165) is 54.9 Å². The van der Waals surface area contributed by atoms with Crippen LogP contribution in [0.15, 0.2) is 67.3 Å². The number of methoxy groups -OCH3 is 1. The maximum absolute atomic E-state index is 13.6. The second-order valence-electron chi connectivity index (χ2n) is 9.11. The molecule has 0 aliphatic carbocycles. The summed E-state index contributed by atoms with van der Waals surface area (Å²) in [5, 5.41) is 0. The van der Waals surface area contributed by atoms with E-state index in [2.05, 4.69) is 39.1 Å². The molecule has 172 valence electrons. The van der Waals surface area contributed by atoms with Gasteiger partial charge in [0.2, 0.25) is 5.91 Å². The number of ether oxygens (including phenoxy) is 1. The maximum Gasteiger partial charge on any atom is 0.229 e. The molecule has 2 heterocycles. The second-order valence-corrected chi connectivity index (χ2v) is 9.11. The third-order valence-electron chi connectivity index (χ3n) is 6.47. The Kier molecular flexibility index (Phi) is 7.04. The molecule has 1 atom stereocenters. The first-order valence-electron chi connectivity index (χ1n) is 11.4. The molecular formula is C27H32N4O2. The van der Waals surface area contributed by atoms with Crippen LogP contribution in [-0.2, 0) is 17.8 Å². The summed E-state index contributed by atoms with van der Waals surface area (Å²) in [6, 6.07) is 16.5. The topological polar surface area (TPSA) is 58.6 Å². The third kappa shape index (κ3) is 5.22. The second kappa shape index (κ2) is 10.1. The van der Waals surface area contributed by atoms with E-state index in [1.807, 2.05) is 50.8 Å². The zero-order chi connectivity index (χ0) is 23.3. The Morgan fingerprint density at radius 3 is 2.67 bits per heavy atom. The van der Waals surface area contributed by atoms with Crippen LogP contribution in [0, 0.1) is 5.41 Å². The number of likely N-dealkylation sites (tertiary alicyclic amines) is 1. The lowest BCUT2D eigenvalue weighted by Crippen LogP contribution is -2.52. The number of carbonyl (C=O) groups excluding carboxylic acids is 1. The van der Waals surface area contributed by atoms with E-state index in [0.29, 0.717) is 6.42 Å². The summed E-state index contributed by atoms with van der Waals surface area (Å²) in [5.41, 5.74) is 3.94. The van der Waals surface area contributed by atoms with E-state index in [9.17, 15) is 4.79 Å². The van der Waals surface area contributed by atoms with Gasteiger partial charge in [0.15, 0.2) is 0 Å². The third-order valence-corrected chi connectivity index (χ3v) is 6.47. The summed E-state index contributed by atoms with van der Waals surface area (Å²) in [5.74, 6) is 1.05. The summed E-state index contributed by atoms with van der Waals surface area (Å²) in [7, 11) is 5.42. The number of piperidine rings is 1. The highest BCUT2D eigenvalue weighted by Gasteiger charge is 2.43. The Morgan fingerprint density at radius 2 is 1.91 bits per heavy atom. The van der Waals surface area contributed by atoms with Crippen molar-refractivity contribution in [2.24, 2.45) is 5.41 Å². The Bertz CT molecular complexity index is 1090. The van der Waals surface area contributed by atoms with Crippen molar-refractivity contribution in [1.82, 2.24) is 19.8 Å². The maximum atomic E-state index is 13.6. The minimum absolute atomic E-state index is 0.192. The zero-order valence-corrected chi connectivity index (χ0v) is 19.7. The Morgan fingerprint density at radius 1 is 1.12 bits per heavy atom. The standard InChI is InChI=1S/C27H32N4O2/c1-30(2)26(32)27(15-22-9-4-5-11-25(22)23-16-28-20-29-17-23)12-7-13-31(19-27)18-21-8-6-10-24(14-21)33-3/h4-6,8-11,14,16-17,20H,7,12-13,15,18-19H2,1-3H3.